The second-order valence-corrected chi connectivity index (χ2v) is 6.64. The summed E-state index contributed by atoms with van der Waals surface area (Å²) < 4.78 is 28.8. The molecule has 25 heavy (non-hydrogen) atoms. The molecule has 4 nitrogen and oxygen atoms in total. The van der Waals surface area contributed by atoms with Crippen molar-refractivity contribution >= 4 is 39.0 Å². The first-order valence-corrected chi connectivity index (χ1v) is 9.08. The molecule has 0 spiro atoms. The summed E-state index contributed by atoms with van der Waals surface area (Å²) in [6.45, 7) is 0.251. The van der Waals surface area contributed by atoms with E-state index in [-0.39, 0.29) is 24.5 Å². The van der Waals surface area contributed by atoms with Gasteiger partial charge in [0.1, 0.15) is 11.5 Å². The van der Waals surface area contributed by atoms with E-state index < -0.39 is 5.63 Å². The summed E-state index contributed by atoms with van der Waals surface area (Å²) in [5, 5.41) is 0.711. The minimum absolute atomic E-state index is 0.227. The van der Waals surface area contributed by atoms with Crippen LogP contribution in [0, 0.1) is 0 Å². The summed E-state index contributed by atoms with van der Waals surface area (Å²) in [4.78, 5) is 12.3. The molecule has 0 aliphatic carbocycles. The molecule has 0 unspecified atom stereocenters. The molecular weight excluding hydrogens is 411 g/mol. The van der Waals surface area contributed by atoms with E-state index in [2.05, 4.69) is 15.9 Å². The smallest absolute Gasteiger partial charge is 0.344 e. The van der Waals surface area contributed by atoms with Gasteiger partial charge in [-0.15, -0.1) is 0 Å². The van der Waals surface area contributed by atoms with E-state index in [1.54, 1.807) is 49.6 Å². The fourth-order valence-electron chi connectivity index (χ4n) is 2.41. The molecule has 2 aromatic carbocycles. The summed E-state index contributed by atoms with van der Waals surface area (Å²) in [6.07, 6.45) is 0. The lowest BCUT2D eigenvalue weighted by atomic mass is 10.1. The lowest BCUT2D eigenvalue weighted by molar-refractivity contribution is 0.343. The van der Waals surface area contributed by atoms with Gasteiger partial charge < -0.3 is 13.9 Å². The Balaban J connectivity index is 2.04. The second kappa shape index (κ2) is 7.93. The zero-order chi connectivity index (χ0) is 17.8. The monoisotopic (exact) mass is 424 g/mol. The second-order valence-electron chi connectivity index (χ2n) is 5.16. The standard InChI is InChI=1S/C18H14BrFO4S/c1-22-13-4-2-11(3-5-13)15-9-12-8-14(23-6-7-25-20)10-16(19)17(12)24-18(15)21/h2-5,8-10H,6-7H2,1H3. The molecule has 0 saturated heterocycles. The van der Waals surface area contributed by atoms with Crippen molar-refractivity contribution in [1.82, 2.24) is 0 Å². The van der Waals surface area contributed by atoms with Crippen LogP contribution in [0.2, 0.25) is 0 Å². The molecule has 0 atom stereocenters. The van der Waals surface area contributed by atoms with Gasteiger partial charge in [0.25, 0.3) is 0 Å². The van der Waals surface area contributed by atoms with E-state index in [1.165, 1.54) is 0 Å². The van der Waals surface area contributed by atoms with E-state index in [0.717, 1.165) is 5.56 Å². The van der Waals surface area contributed by atoms with Gasteiger partial charge in [-0.3, -0.25) is 0 Å². The van der Waals surface area contributed by atoms with Gasteiger partial charge in [-0.05, 0) is 51.8 Å². The molecule has 0 N–H and O–H groups in total. The van der Waals surface area contributed by atoms with Gasteiger partial charge in [0, 0.05) is 17.5 Å². The molecule has 0 amide bonds. The Morgan fingerprint density at radius 2 is 1.92 bits per heavy atom. The highest BCUT2D eigenvalue weighted by molar-refractivity contribution is 9.10. The molecular formula is C18H14BrFO4S. The third-order valence-corrected chi connectivity index (χ3v) is 4.50. The Morgan fingerprint density at radius 3 is 2.60 bits per heavy atom. The van der Waals surface area contributed by atoms with E-state index in [1.807, 2.05) is 0 Å². The molecule has 3 rings (SSSR count). The number of ether oxygens (including phenoxy) is 2. The Bertz CT molecular complexity index is 940. The first kappa shape index (κ1) is 17.8. The lowest BCUT2D eigenvalue weighted by Gasteiger charge is -2.09. The van der Waals surface area contributed by atoms with E-state index >= 15 is 0 Å². The van der Waals surface area contributed by atoms with Crippen molar-refractivity contribution in [2.75, 3.05) is 19.5 Å². The molecule has 0 bridgehead atoms. The quantitative estimate of drug-likeness (QED) is 0.400. The number of rotatable bonds is 6. The van der Waals surface area contributed by atoms with E-state index in [0.29, 0.717) is 32.5 Å². The molecule has 3 aromatic rings. The molecule has 0 fully saturated rings. The largest absolute Gasteiger partial charge is 0.497 e. The van der Waals surface area contributed by atoms with Crippen LogP contribution in [0.5, 0.6) is 11.5 Å². The van der Waals surface area contributed by atoms with E-state index in [4.69, 9.17) is 13.9 Å². The van der Waals surface area contributed by atoms with Crippen LogP contribution in [0.1, 0.15) is 0 Å². The molecule has 0 saturated carbocycles. The van der Waals surface area contributed by atoms with Gasteiger partial charge in [-0.25, -0.2) is 4.79 Å². The number of hydrogen-bond acceptors (Lipinski definition) is 5. The summed E-state index contributed by atoms with van der Waals surface area (Å²) in [6, 6.07) is 12.4. The van der Waals surface area contributed by atoms with Crippen LogP contribution in [0.4, 0.5) is 3.89 Å². The van der Waals surface area contributed by atoms with Gasteiger partial charge in [0.2, 0.25) is 0 Å². The van der Waals surface area contributed by atoms with Gasteiger partial charge in [-0.2, -0.15) is 3.89 Å². The highest BCUT2D eigenvalue weighted by atomic mass is 79.9. The first-order valence-electron chi connectivity index (χ1n) is 7.40. The first-order chi connectivity index (χ1) is 12.1. The zero-order valence-corrected chi connectivity index (χ0v) is 15.7. The maximum absolute atomic E-state index is 12.3. The van der Waals surface area contributed by atoms with Crippen LogP contribution in [0.15, 0.2) is 56.1 Å². The topological polar surface area (TPSA) is 48.7 Å². The third kappa shape index (κ3) is 3.99. The summed E-state index contributed by atoms with van der Waals surface area (Å²) in [7, 11) is 1.58. The van der Waals surface area contributed by atoms with Crippen molar-refractivity contribution in [3.05, 3.63) is 57.4 Å². The number of hydrogen-bond donors (Lipinski definition) is 0. The van der Waals surface area contributed by atoms with Crippen LogP contribution in [-0.2, 0) is 0 Å². The van der Waals surface area contributed by atoms with Gasteiger partial charge in [-0.1, -0.05) is 12.1 Å². The predicted octanol–water partition coefficient (Wildman–Crippen LogP) is 5.23. The highest BCUT2D eigenvalue weighted by Crippen LogP contribution is 2.31. The van der Waals surface area contributed by atoms with Crippen LogP contribution in [-0.4, -0.2) is 19.5 Å². The fraction of sp³-hybridized carbons (Fsp3) is 0.167. The van der Waals surface area contributed by atoms with Crippen molar-refractivity contribution in [3.63, 3.8) is 0 Å². The van der Waals surface area contributed by atoms with Crippen molar-refractivity contribution in [1.29, 1.82) is 0 Å². The molecule has 1 heterocycles. The van der Waals surface area contributed by atoms with Crippen molar-refractivity contribution in [2.45, 2.75) is 0 Å². The maximum atomic E-state index is 12.3. The van der Waals surface area contributed by atoms with Gasteiger partial charge in [0.05, 0.1) is 29.5 Å². The van der Waals surface area contributed by atoms with Crippen LogP contribution < -0.4 is 15.1 Å². The maximum Gasteiger partial charge on any atom is 0.344 e. The predicted molar refractivity (Wildman–Crippen MR) is 101 cm³/mol. The average molecular weight is 425 g/mol. The van der Waals surface area contributed by atoms with Crippen molar-refractivity contribution in [2.24, 2.45) is 0 Å². The summed E-state index contributed by atoms with van der Waals surface area (Å²) in [5.41, 5.74) is 1.18. The highest BCUT2D eigenvalue weighted by Gasteiger charge is 2.12. The summed E-state index contributed by atoms with van der Waals surface area (Å²) in [5.74, 6) is 1.53. The SMILES string of the molecule is COc1ccc(-c2cc3cc(OCCSF)cc(Br)c3oc2=O)cc1. The molecule has 7 heteroatoms. The number of halogens is 2. The third-order valence-electron chi connectivity index (χ3n) is 3.59. The van der Waals surface area contributed by atoms with Crippen LogP contribution in [0.3, 0.4) is 0 Å². The van der Waals surface area contributed by atoms with E-state index in [9.17, 15) is 8.68 Å². The molecule has 130 valence electrons. The Labute approximate surface area is 156 Å². The number of methoxy groups -OCH3 is 1. The minimum Gasteiger partial charge on any atom is -0.497 e. The number of benzene rings is 2. The fourth-order valence-corrected chi connectivity index (χ4v) is 3.09. The Hall–Kier alpha value is -1.99. The zero-order valence-electron chi connectivity index (χ0n) is 13.3. The van der Waals surface area contributed by atoms with Crippen molar-refractivity contribution in [3.8, 4) is 22.6 Å². The molecule has 0 radical (unpaired) electrons. The molecule has 0 aliphatic rings. The van der Waals surface area contributed by atoms with Crippen LogP contribution in [0.25, 0.3) is 22.1 Å². The van der Waals surface area contributed by atoms with Crippen molar-refractivity contribution < 1.29 is 17.8 Å². The summed E-state index contributed by atoms with van der Waals surface area (Å²) >= 11 is 3.61. The van der Waals surface area contributed by atoms with Gasteiger partial charge in [0.15, 0.2) is 5.58 Å². The Morgan fingerprint density at radius 1 is 1.16 bits per heavy atom. The van der Waals surface area contributed by atoms with Gasteiger partial charge >= 0.3 is 5.63 Å². The minimum atomic E-state index is -0.430. The van der Waals surface area contributed by atoms with Crippen LogP contribution >= 0.6 is 28.1 Å². The Kier molecular flexibility index (Phi) is 5.65. The molecule has 0 aliphatic heterocycles. The normalized spacial score (nSPS) is 10.8. The average Bonchev–Trinajstić information content (AvgIpc) is 2.62. The number of fused-ring (bicyclic) bond motifs is 1. The molecule has 1 aromatic heterocycles. The lowest BCUT2D eigenvalue weighted by Crippen LogP contribution is -2.04.